The Kier molecular flexibility index (Phi) is 8.83. The van der Waals surface area contributed by atoms with E-state index in [1.165, 1.54) is 18.4 Å². The van der Waals surface area contributed by atoms with Crippen LogP contribution in [-0.2, 0) is 30.4 Å². The minimum atomic E-state index is -1.16. The number of nitrogens with zero attached hydrogens (tertiary/aromatic N) is 1. The number of carboxylic acid groups (broad SMARTS) is 1. The molecule has 10 nitrogen and oxygen atoms in total. The summed E-state index contributed by atoms with van der Waals surface area (Å²) in [7, 11) is 0. The first-order valence-corrected chi connectivity index (χ1v) is 16.7. The van der Waals surface area contributed by atoms with Gasteiger partial charge in [0, 0.05) is 29.4 Å². The molecular formula is C36H46N4O6. The normalized spacial score (nSPS) is 31.6. The zero-order valence-electron chi connectivity index (χ0n) is 27.1. The Morgan fingerprint density at radius 3 is 2.63 bits per heavy atom. The maximum Gasteiger partial charge on any atom is 0.326 e. The van der Waals surface area contributed by atoms with Crippen LogP contribution in [0.1, 0.15) is 77.7 Å². The summed E-state index contributed by atoms with van der Waals surface area (Å²) in [6.07, 6.45) is 12.5. The van der Waals surface area contributed by atoms with E-state index in [4.69, 9.17) is 4.84 Å². The minimum Gasteiger partial charge on any atom is -0.480 e. The number of rotatable bonds is 10. The quantitative estimate of drug-likeness (QED) is 0.273. The fourth-order valence-electron chi connectivity index (χ4n) is 9.68. The number of aliphatic carboxylic acids is 1. The Hall–Kier alpha value is -3.95. The van der Waals surface area contributed by atoms with E-state index >= 15 is 0 Å². The molecule has 10 heteroatoms. The van der Waals surface area contributed by atoms with E-state index in [1.807, 2.05) is 24.3 Å². The molecule has 1 aromatic carbocycles. The van der Waals surface area contributed by atoms with Gasteiger partial charge < -0.3 is 25.6 Å². The van der Waals surface area contributed by atoms with Gasteiger partial charge in [0.1, 0.15) is 11.8 Å². The van der Waals surface area contributed by atoms with Gasteiger partial charge in [-0.3, -0.25) is 14.4 Å². The summed E-state index contributed by atoms with van der Waals surface area (Å²) in [5, 5.41) is 19.8. The molecule has 246 valence electrons. The maximum absolute atomic E-state index is 12.5. The largest absolute Gasteiger partial charge is 0.480 e. The fourth-order valence-corrected chi connectivity index (χ4v) is 9.68. The van der Waals surface area contributed by atoms with E-state index in [0.29, 0.717) is 23.5 Å². The lowest BCUT2D eigenvalue weighted by atomic mass is 9.46. The molecule has 1 heterocycles. The van der Waals surface area contributed by atoms with Crippen molar-refractivity contribution in [2.24, 2.45) is 39.7 Å². The van der Waals surface area contributed by atoms with Crippen LogP contribution in [0.25, 0.3) is 10.9 Å². The summed E-state index contributed by atoms with van der Waals surface area (Å²) in [5.74, 6) is 0.238. The van der Waals surface area contributed by atoms with Gasteiger partial charge in [0.05, 0.1) is 12.3 Å². The number of Topliss-reactive ketones (excluding diaryl/α,β-unsaturated/α-hetero) is 1. The van der Waals surface area contributed by atoms with Gasteiger partial charge in [-0.2, -0.15) is 0 Å². The molecule has 7 atom stereocenters. The van der Waals surface area contributed by atoms with Crippen LogP contribution < -0.4 is 10.6 Å². The van der Waals surface area contributed by atoms with Crippen LogP contribution in [-0.4, -0.2) is 58.6 Å². The third-order valence-electron chi connectivity index (χ3n) is 12.0. The molecule has 0 unspecified atom stereocenters. The number of H-pyrrole nitrogens is 1. The van der Waals surface area contributed by atoms with Crippen molar-refractivity contribution in [2.45, 2.75) is 84.6 Å². The molecule has 0 aliphatic heterocycles. The number of amides is 2. The van der Waals surface area contributed by atoms with Crippen molar-refractivity contribution in [2.75, 3.05) is 13.2 Å². The molecule has 4 N–H and O–H groups in total. The predicted molar refractivity (Wildman–Crippen MR) is 174 cm³/mol. The highest BCUT2D eigenvalue weighted by Crippen LogP contribution is 2.66. The van der Waals surface area contributed by atoms with Crippen LogP contribution >= 0.6 is 0 Å². The number of benzene rings is 1. The number of nitrogens with one attached hydrogen (secondary N) is 3. The van der Waals surface area contributed by atoms with Crippen LogP contribution in [0, 0.1) is 34.5 Å². The first kappa shape index (κ1) is 32.0. The second-order valence-corrected chi connectivity index (χ2v) is 14.4. The van der Waals surface area contributed by atoms with Gasteiger partial charge in [0.2, 0.25) is 5.91 Å². The third-order valence-corrected chi connectivity index (χ3v) is 12.0. The number of carbonyl (C=O) groups excluding carboxylic acids is 3. The summed E-state index contributed by atoms with van der Waals surface area (Å²) >= 11 is 0. The van der Waals surface area contributed by atoms with Crippen LogP contribution in [0.4, 0.5) is 0 Å². The van der Waals surface area contributed by atoms with Crippen molar-refractivity contribution < 1.29 is 29.1 Å². The lowest BCUT2D eigenvalue weighted by molar-refractivity contribution is -0.141. The molecule has 2 aromatic rings. The third kappa shape index (κ3) is 5.98. The predicted octanol–water partition coefficient (Wildman–Crippen LogP) is 4.94. The molecule has 0 saturated heterocycles. The SMILES string of the molecule is CC(=O)[C@@H]1CC[C@@H]2[C@@H]3CCC4=CC(=NOCC(=O)NCC(=O)N[C@@H](Cc5c[nH]c6ccccc56)C(=O)O)CC[C@]4(C)[C@H]3CC[C@@]21C. The van der Waals surface area contributed by atoms with Gasteiger partial charge in [0.15, 0.2) is 6.61 Å². The molecule has 0 spiro atoms. The number of carboxylic acids is 1. The lowest BCUT2D eigenvalue weighted by Gasteiger charge is -2.58. The van der Waals surface area contributed by atoms with E-state index in [2.05, 4.69) is 40.7 Å². The lowest BCUT2D eigenvalue weighted by Crippen LogP contribution is -2.51. The molecule has 4 aliphatic carbocycles. The van der Waals surface area contributed by atoms with Crippen molar-refractivity contribution in [1.82, 2.24) is 15.6 Å². The fraction of sp³-hybridized carbons (Fsp3) is 0.583. The van der Waals surface area contributed by atoms with Crippen molar-refractivity contribution in [3.8, 4) is 0 Å². The molecule has 3 saturated carbocycles. The Morgan fingerprint density at radius 2 is 1.85 bits per heavy atom. The van der Waals surface area contributed by atoms with Gasteiger partial charge in [-0.05, 0) is 105 Å². The highest BCUT2D eigenvalue weighted by molar-refractivity contribution is 5.96. The number of allylic oxidation sites excluding steroid dienone is 2. The van der Waals surface area contributed by atoms with Crippen LogP contribution in [0.2, 0.25) is 0 Å². The molecule has 3 fully saturated rings. The van der Waals surface area contributed by atoms with Crippen LogP contribution in [0.5, 0.6) is 0 Å². The monoisotopic (exact) mass is 630 g/mol. The average Bonchev–Trinajstić information content (AvgIpc) is 3.60. The van der Waals surface area contributed by atoms with Crippen LogP contribution in [0.3, 0.4) is 0 Å². The van der Waals surface area contributed by atoms with E-state index in [-0.39, 0.29) is 36.3 Å². The average molecular weight is 631 g/mol. The van der Waals surface area contributed by atoms with Crippen molar-refractivity contribution in [1.29, 1.82) is 0 Å². The number of aromatic amines is 1. The van der Waals surface area contributed by atoms with Crippen molar-refractivity contribution >= 4 is 40.2 Å². The Labute approximate surface area is 269 Å². The molecule has 0 bridgehead atoms. The number of carbonyl (C=O) groups is 4. The number of fused-ring (bicyclic) bond motifs is 6. The Morgan fingerprint density at radius 1 is 1.04 bits per heavy atom. The number of oxime groups is 1. The maximum atomic E-state index is 12.5. The van der Waals surface area contributed by atoms with Gasteiger partial charge in [-0.1, -0.05) is 42.8 Å². The molecule has 2 amide bonds. The van der Waals surface area contributed by atoms with Gasteiger partial charge in [-0.25, -0.2) is 4.79 Å². The zero-order chi connectivity index (χ0) is 32.6. The smallest absolute Gasteiger partial charge is 0.326 e. The number of aromatic nitrogens is 1. The summed E-state index contributed by atoms with van der Waals surface area (Å²) in [6, 6.07) is 6.41. The van der Waals surface area contributed by atoms with E-state index < -0.39 is 23.8 Å². The first-order valence-electron chi connectivity index (χ1n) is 16.7. The molecule has 4 aliphatic rings. The highest BCUT2D eigenvalue weighted by Gasteiger charge is 2.59. The van der Waals surface area contributed by atoms with Gasteiger partial charge in [-0.15, -0.1) is 0 Å². The summed E-state index contributed by atoms with van der Waals surface area (Å²) in [4.78, 5) is 57.6. The number of ketones is 1. The van der Waals surface area contributed by atoms with Gasteiger partial charge in [0.25, 0.3) is 5.91 Å². The van der Waals surface area contributed by atoms with Crippen molar-refractivity contribution in [3.05, 3.63) is 47.7 Å². The first-order chi connectivity index (χ1) is 22.0. The molecule has 6 rings (SSSR count). The van der Waals surface area contributed by atoms with Crippen molar-refractivity contribution in [3.63, 3.8) is 0 Å². The zero-order valence-corrected chi connectivity index (χ0v) is 27.1. The molecule has 0 radical (unpaired) electrons. The van der Waals surface area contributed by atoms with E-state index in [9.17, 15) is 24.3 Å². The second kappa shape index (κ2) is 12.7. The summed E-state index contributed by atoms with van der Waals surface area (Å²) < 4.78 is 0. The second-order valence-electron chi connectivity index (χ2n) is 14.4. The molecule has 46 heavy (non-hydrogen) atoms. The van der Waals surface area contributed by atoms with Crippen LogP contribution in [0.15, 0.2) is 47.3 Å². The van der Waals surface area contributed by atoms with E-state index in [1.54, 1.807) is 13.1 Å². The topological polar surface area (TPSA) is 150 Å². The van der Waals surface area contributed by atoms with Gasteiger partial charge >= 0.3 is 5.97 Å². The molecule has 1 aromatic heterocycles. The summed E-state index contributed by atoms with van der Waals surface area (Å²) in [6.45, 7) is 5.88. The highest BCUT2D eigenvalue weighted by atomic mass is 16.6. The Bertz CT molecular complexity index is 1590. The number of hydrogen-bond acceptors (Lipinski definition) is 6. The molecular weight excluding hydrogens is 584 g/mol. The standard InChI is InChI=1S/C36H46N4O6/c1-21(41)27-10-11-28-26-9-8-23-17-24(12-14-35(23,2)29(26)13-15-36(27,28)3)40-46-20-33(43)38-19-32(42)39-31(34(44)45)16-22-18-37-30-7-5-4-6-25(22)30/h4-7,17-18,26-29,31,37H,8-16,19-20H2,1-3H3,(H,38,43)(H,39,42)(H,44,45)/t26-,27-,28+,29-,31-,35-,36+/m0/s1. The number of hydrogen-bond donors (Lipinski definition) is 4. The Balaban J connectivity index is 0.983. The number of para-hydroxylation sites is 1. The summed E-state index contributed by atoms with van der Waals surface area (Å²) in [5.41, 5.74) is 4.20. The van der Waals surface area contributed by atoms with E-state index in [0.717, 1.165) is 60.7 Å². The minimum absolute atomic E-state index is 0.107.